The molecule has 0 bridgehead atoms. The first-order chi connectivity index (χ1) is 9.56. The van der Waals surface area contributed by atoms with Crippen LogP contribution < -0.4 is 10.5 Å². The molecule has 20 heavy (non-hydrogen) atoms. The predicted molar refractivity (Wildman–Crippen MR) is 76.6 cm³/mol. The zero-order chi connectivity index (χ0) is 14.5. The van der Waals surface area contributed by atoms with Crippen molar-refractivity contribution >= 4 is 17.2 Å². The third-order valence-electron chi connectivity index (χ3n) is 2.68. The average molecular weight is 293 g/mol. The summed E-state index contributed by atoms with van der Waals surface area (Å²) in [5, 5.41) is 1.82. The van der Waals surface area contributed by atoms with Crippen LogP contribution in [0.1, 0.15) is 18.9 Å². The number of carbonyl (C=O) groups excluding carboxylic acids is 1. The summed E-state index contributed by atoms with van der Waals surface area (Å²) in [7, 11) is 0. The maximum absolute atomic E-state index is 13.6. The van der Waals surface area contributed by atoms with Crippen LogP contribution in [0.15, 0.2) is 40.8 Å². The van der Waals surface area contributed by atoms with E-state index in [0.717, 1.165) is 0 Å². The SMILES string of the molecule is CC(N)CC(=O)N=c1sccn1Cc1ccccc1F. The summed E-state index contributed by atoms with van der Waals surface area (Å²) >= 11 is 1.34. The van der Waals surface area contributed by atoms with Gasteiger partial charge in [-0.05, 0) is 13.0 Å². The van der Waals surface area contributed by atoms with Gasteiger partial charge in [0.05, 0.1) is 6.54 Å². The average Bonchev–Trinajstić information content (AvgIpc) is 2.78. The van der Waals surface area contributed by atoms with Crippen molar-refractivity contribution in [2.45, 2.75) is 25.9 Å². The molecule has 0 aliphatic rings. The Morgan fingerprint density at radius 1 is 1.50 bits per heavy atom. The number of halogens is 1. The van der Waals surface area contributed by atoms with Gasteiger partial charge < -0.3 is 10.3 Å². The quantitative estimate of drug-likeness (QED) is 0.936. The molecule has 1 amide bonds. The molecular weight excluding hydrogens is 277 g/mol. The Bertz CT molecular complexity index is 660. The van der Waals surface area contributed by atoms with E-state index in [1.165, 1.54) is 17.4 Å². The van der Waals surface area contributed by atoms with E-state index in [4.69, 9.17) is 5.73 Å². The summed E-state index contributed by atoms with van der Waals surface area (Å²) in [6.45, 7) is 2.11. The number of carbonyl (C=O) groups is 1. The van der Waals surface area contributed by atoms with E-state index in [1.54, 1.807) is 35.9 Å². The molecule has 2 rings (SSSR count). The molecule has 2 aromatic rings. The highest BCUT2D eigenvalue weighted by Crippen LogP contribution is 2.08. The highest BCUT2D eigenvalue weighted by atomic mass is 32.1. The molecule has 1 heterocycles. The molecule has 106 valence electrons. The van der Waals surface area contributed by atoms with Crippen LogP contribution in [0.4, 0.5) is 4.39 Å². The standard InChI is InChI=1S/C14H16FN3OS/c1-10(16)8-13(19)17-14-18(6-7-20-14)9-11-4-2-3-5-12(11)15/h2-7,10H,8-9,16H2,1H3. The van der Waals surface area contributed by atoms with Crippen molar-refractivity contribution in [2.24, 2.45) is 10.7 Å². The van der Waals surface area contributed by atoms with Crippen LogP contribution in [0.25, 0.3) is 0 Å². The first-order valence-electron chi connectivity index (χ1n) is 6.26. The molecule has 0 aliphatic heterocycles. The molecule has 1 aromatic carbocycles. The van der Waals surface area contributed by atoms with Gasteiger partial charge in [0.2, 0.25) is 5.91 Å². The number of aromatic nitrogens is 1. The fourth-order valence-electron chi connectivity index (χ4n) is 1.75. The van der Waals surface area contributed by atoms with Crippen molar-refractivity contribution in [3.63, 3.8) is 0 Å². The van der Waals surface area contributed by atoms with Gasteiger partial charge in [-0.15, -0.1) is 11.3 Å². The number of thiazole rings is 1. The van der Waals surface area contributed by atoms with Crippen LogP contribution in [0.5, 0.6) is 0 Å². The Balaban J connectivity index is 2.23. The summed E-state index contributed by atoms with van der Waals surface area (Å²) in [4.78, 5) is 16.2. The van der Waals surface area contributed by atoms with Crippen molar-refractivity contribution < 1.29 is 9.18 Å². The van der Waals surface area contributed by atoms with E-state index in [2.05, 4.69) is 4.99 Å². The highest BCUT2D eigenvalue weighted by Gasteiger charge is 2.06. The van der Waals surface area contributed by atoms with Crippen LogP contribution in [0.2, 0.25) is 0 Å². The minimum absolute atomic E-state index is 0.206. The van der Waals surface area contributed by atoms with E-state index < -0.39 is 0 Å². The molecule has 0 fully saturated rings. The van der Waals surface area contributed by atoms with Crippen molar-refractivity contribution in [2.75, 3.05) is 0 Å². The maximum Gasteiger partial charge on any atom is 0.249 e. The van der Waals surface area contributed by atoms with Gasteiger partial charge in [0.15, 0.2) is 4.80 Å². The van der Waals surface area contributed by atoms with Crippen molar-refractivity contribution in [1.29, 1.82) is 0 Å². The van der Waals surface area contributed by atoms with E-state index in [0.29, 0.717) is 16.9 Å². The Hall–Kier alpha value is -1.79. The molecule has 0 aliphatic carbocycles. The van der Waals surface area contributed by atoms with Gasteiger partial charge in [-0.25, -0.2) is 4.39 Å². The van der Waals surface area contributed by atoms with Gasteiger partial charge in [-0.1, -0.05) is 18.2 Å². The van der Waals surface area contributed by atoms with E-state index in [-0.39, 0.29) is 24.2 Å². The summed E-state index contributed by atoms with van der Waals surface area (Å²) in [6.07, 6.45) is 1.99. The van der Waals surface area contributed by atoms with Crippen LogP contribution in [-0.2, 0) is 11.3 Å². The van der Waals surface area contributed by atoms with Crippen LogP contribution >= 0.6 is 11.3 Å². The maximum atomic E-state index is 13.6. The lowest BCUT2D eigenvalue weighted by molar-refractivity contribution is -0.118. The van der Waals surface area contributed by atoms with Gasteiger partial charge in [0.25, 0.3) is 0 Å². The van der Waals surface area contributed by atoms with Gasteiger partial charge in [0.1, 0.15) is 5.82 Å². The lowest BCUT2D eigenvalue weighted by Gasteiger charge is -2.04. The number of hydrogen-bond acceptors (Lipinski definition) is 3. The Morgan fingerprint density at radius 2 is 2.25 bits per heavy atom. The molecule has 0 radical (unpaired) electrons. The fourth-order valence-corrected chi connectivity index (χ4v) is 2.49. The lowest BCUT2D eigenvalue weighted by Crippen LogP contribution is -2.22. The molecule has 0 saturated carbocycles. The predicted octanol–water partition coefficient (Wildman–Crippen LogP) is 1.90. The summed E-state index contributed by atoms with van der Waals surface area (Å²) in [6, 6.07) is 6.34. The first-order valence-corrected chi connectivity index (χ1v) is 7.14. The van der Waals surface area contributed by atoms with Crippen LogP contribution in [0.3, 0.4) is 0 Å². The smallest absolute Gasteiger partial charge is 0.249 e. The molecule has 4 nitrogen and oxygen atoms in total. The molecule has 2 N–H and O–H groups in total. The Morgan fingerprint density at radius 3 is 2.95 bits per heavy atom. The molecule has 1 unspecified atom stereocenters. The van der Waals surface area contributed by atoms with Crippen molar-refractivity contribution in [3.05, 3.63) is 52.0 Å². The lowest BCUT2D eigenvalue weighted by atomic mass is 10.2. The van der Waals surface area contributed by atoms with E-state index in [1.807, 2.05) is 5.38 Å². The number of nitrogens with zero attached hydrogens (tertiary/aromatic N) is 2. The Labute approximate surface area is 120 Å². The number of rotatable bonds is 4. The molecule has 1 atom stereocenters. The second-order valence-electron chi connectivity index (χ2n) is 4.59. The van der Waals surface area contributed by atoms with Gasteiger partial charge in [-0.2, -0.15) is 4.99 Å². The van der Waals surface area contributed by atoms with E-state index >= 15 is 0 Å². The second kappa shape index (κ2) is 6.58. The zero-order valence-corrected chi connectivity index (χ0v) is 11.9. The van der Waals surface area contributed by atoms with Gasteiger partial charge in [-0.3, -0.25) is 4.79 Å². The minimum Gasteiger partial charge on any atom is -0.327 e. The summed E-state index contributed by atoms with van der Waals surface area (Å²) in [5.74, 6) is -0.524. The number of hydrogen-bond donors (Lipinski definition) is 1. The normalized spacial score (nSPS) is 13.4. The number of benzene rings is 1. The highest BCUT2D eigenvalue weighted by molar-refractivity contribution is 7.07. The largest absolute Gasteiger partial charge is 0.327 e. The fraction of sp³-hybridized carbons (Fsp3) is 0.286. The molecule has 6 heteroatoms. The van der Waals surface area contributed by atoms with Crippen LogP contribution in [-0.4, -0.2) is 16.5 Å². The zero-order valence-electron chi connectivity index (χ0n) is 11.1. The monoisotopic (exact) mass is 293 g/mol. The number of nitrogens with two attached hydrogens (primary N) is 1. The molecule has 0 saturated heterocycles. The van der Waals surface area contributed by atoms with Gasteiger partial charge in [0, 0.05) is 29.6 Å². The van der Waals surface area contributed by atoms with Crippen LogP contribution in [0, 0.1) is 5.82 Å². The minimum atomic E-state index is -0.265. The number of amides is 1. The summed E-state index contributed by atoms with van der Waals surface area (Å²) in [5.41, 5.74) is 6.13. The first kappa shape index (κ1) is 14.6. The summed E-state index contributed by atoms with van der Waals surface area (Å²) < 4.78 is 15.4. The third-order valence-corrected chi connectivity index (χ3v) is 3.47. The van der Waals surface area contributed by atoms with Crippen molar-refractivity contribution in [3.8, 4) is 0 Å². The van der Waals surface area contributed by atoms with Gasteiger partial charge >= 0.3 is 0 Å². The molecule has 0 spiro atoms. The topological polar surface area (TPSA) is 60.4 Å². The second-order valence-corrected chi connectivity index (χ2v) is 5.46. The van der Waals surface area contributed by atoms with Crippen molar-refractivity contribution in [1.82, 2.24) is 4.57 Å². The van der Waals surface area contributed by atoms with E-state index in [9.17, 15) is 9.18 Å². The third kappa shape index (κ3) is 3.85. The molecular formula is C14H16FN3OS. The Kier molecular flexibility index (Phi) is 4.81. The molecule has 1 aromatic heterocycles.